The SMILES string of the molecule is COC(=O)C(c1ccccc1)S(=O)(=O)Nc1nc(OC)cc(OC)n1. The molecule has 0 bridgehead atoms. The van der Waals surface area contributed by atoms with Crippen LogP contribution in [0, 0.1) is 0 Å². The van der Waals surface area contributed by atoms with Gasteiger partial charge in [0.15, 0.2) is 0 Å². The quantitative estimate of drug-likeness (QED) is 0.724. The van der Waals surface area contributed by atoms with Crippen LogP contribution in [0.4, 0.5) is 5.95 Å². The Balaban J connectivity index is 2.43. The number of hydrogen-bond donors (Lipinski definition) is 1. The maximum absolute atomic E-state index is 12.7. The van der Waals surface area contributed by atoms with Gasteiger partial charge in [-0.25, -0.2) is 13.1 Å². The van der Waals surface area contributed by atoms with Crippen molar-refractivity contribution in [1.29, 1.82) is 0 Å². The first-order chi connectivity index (χ1) is 11.9. The molecule has 2 aromatic rings. The number of nitrogens with zero attached hydrogens (tertiary/aromatic N) is 2. The lowest BCUT2D eigenvalue weighted by Gasteiger charge is -2.16. The predicted octanol–water partition coefficient (Wildman–Crippen LogP) is 1.15. The highest BCUT2D eigenvalue weighted by molar-refractivity contribution is 7.93. The van der Waals surface area contributed by atoms with Gasteiger partial charge in [-0.15, -0.1) is 0 Å². The summed E-state index contributed by atoms with van der Waals surface area (Å²) >= 11 is 0. The van der Waals surface area contributed by atoms with Crippen LogP contribution in [-0.2, 0) is 19.6 Å². The molecule has 0 aliphatic rings. The van der Waals surface area contributed by atoms with Crippen molar-refractivity contribution in [3.05, 3.63) is 42.0 Å². The van der Waals surface area contributed by atoms with E-state index >= 15 is 0 Å². The zero-order valence-electron chi connectivity index (χ0n) is 13.8. The molecule has 0 aliphatic carbocycles. The van der Waals surface area contributed by atoms with Crippen molar-refractivity contribution in [3.63, 3.8) is 0 Å². The van der Waals surface area contributed by atoms with Gasteiger partial charge >= 0.3 is 5.97 Å². The summed E-state index contributed by atoms with van der Waals surface area (Å²) in [5, 5.41) is -1.58. The number of rotatable bonds is 7. The number of benzene rings is 1. The van der Waals surface area contributed by atoms with Crippen molar-refractivity contribution < 1.29 is 27.4 Å². The van der Waals surface area contributed by atoms with Crippen LogP contribution in [0.1, 0.15) is 10.8 Å². The first kappa shape index (κ1) is 18.5. The molecular formula is C15H17N3O6S. The monoisotopic (exact) mass is 367 g/mol. The van der Waals surface area contributed by atoms with Gasteiger partial charge in [-0.2, -0.15) is 9.97 Å². The van der Waals surface area contributed by atoms with Crippen LogP contribution in [0.3, 0.4) is 0 Å². The fraction of sp³-hybridized carbons (Fsp3) is 0.267. The highest BCUT2D eigenvalue weighted by Gasteiger charge is 2.36. The van der Waals surface area contributed by atoms with E-state index in [0.717, 1.165) is 7.11 Å². The van der Waals surface area contributed by atoms with Gasteiger partial charge in [-0.1, -0.05) is 30.3 Å². The molecule has 9 nitrogen and oxygen atoms in total. The molecule has 0 spiro atoms. The number of carbonyl (C=O) groups is 1. The molecule has 10 heteroatoms. The lowest BCUT2D eigenvalue weighted by Crippen LogP contribution is -2.29. The summed E-state index contributed by atoms with van der Waals surface area (Å²) in [7, 11) is -0.416. The first-order valence-electron chi connectivity index (χ1n) is 7.02. The van der Waals surface area contributed by atoms with Crippen LogP contribution >= 0.6 is 0 Å². The molecule has 0 radical (unpaired) electrons. The molecular weight excluding hydrogens is 350 g/mol. The van der Waals surface area contributed by atoms with E-state index in [-0.39, 0.29) is 23.3 Å². The summed E-state index contributed by atoms with van der Waals surface area (Å²) in [6.45, 7) is 0. The molecule has 0 aliphatic heterocycles. The summed E-state index contributed by atoms with van der Waals surface area (Å²) < 4.78 is 42.2. The van der Waals surface area contributed by atoms with E-state index in [4.69, 9.17) is 9.47 Å². The molecule has 0 fully saturated rings. The molecule has 1 N–H and O–H groups in total. The molecule has 1 aromatic heterocycles. The minimum atomic E-state index is -4.25. The Morgan fingerprint density at radius 1 is 1.04 bits per heavy atom. The van der Waals surface area contributed by atoms with Gasteiger partial charge in [-0.05, 0) is 5.56 Å². The summed E-state index contributed by atoms with van der Waals surface area (Å²) in [6.07, 6.45) is 0. The topological polar surface area (TPSA) is 117 Å². The van der Waals surface area contributed by atoms with E-state index in [0.29, 0.717) is 0 Å². The molecule has 0 saturated carbocycles. The Kier molecular flexibility index (Phi) is 5.75. The number of hydrogen-bond acceptors (Lipinski definition) is 8. The van der Waals surface area contributed by atoms with Crippen LogP contribution < -0.4 is 14.2 Å². The van der Waals surface area contributed by atoms with E-state index < -0.39 is 21.2 Å². The van der Waals surface area contributed by atoms with Gasteiger partial charge in [-0.3, -0.25) is 4.79 Å². The maximum atomic E-state index is 12.7. The van der Waals surface area contributed by atoms with Crippen molar-refractivity contribution in [1.82, 2.24) is 9.97 Å². The molecule has 1 aromatic carbocycles. The summed E-state index contributed by atoms with van der Waals surface area (Å²) in [6, 6.07) is 9.33. The molecule has 1 heterocycles. The zero-order chi connectivity index (χ0) is 18.4. The third-order valence-corrected chi connectivity index (χ3v) is 4.71. The Bertz CT molecular complexity index is 819. The number of aromatic nitrogens is 2. The third kappa shape index (κ3) is 4.35. The minimum Gasteiger partial charge on any atom is -0.481 e. The van der Waals surface area contributed by atoms with E-state index in [1.54, 1.807) is 18.2 Å². The number of methoxy groups -OCH3 is 3. The highest BCUT2D eigenvalue weighted by atomic mass is 32.2. The fourth-order valence-corrected chi connectivity index (χ4v) is 3.35. The number of esters is 1. The molecule has 0 saturated heterocycles. The number of carbonyl (C=O) groups excluding carboxylic acids is 1. The highest BCUT2D eigenvalue weighted by Crippen LogP contribution is 2.26. The van der Waals surface area contributed by atoms with E-state index in [1.807, 2.05) is 0 Å². The van der Waals surface area contributed by atoms with Gasteiger partial charge in [0.25, 0.3) is 10.0 Å². The molecule has 1 unspecified atom stereocenters. The van der Waals surface area contributed by atoms with Crippen LogP contribution in [0.15, 0.2) is 36.4 Å². The average Bonchev–Trinajstić information content (AvgIpc) is 2.61. The standard InChI is InChI=1S/C15H17N3O6S/c1-22-11-9-12(23-2)17-15(16-11)18-25(20,21)13(14(19)24-3)10-7-5-4-6-8-10/h4-9,13H,1-3H3,(H,16,17,18). The van der Waals surface area contributed by atoms with Gasteiger partial charge in [0.1, 0.15) is 0 Å². The van der Waals surface area contributed by atoms with Crippen molar-refractivity contribution in [2.45, 2.75) is 5.25 Å². The molecule has 1 atom stereocenters. The van der Waals surface area contributed by atoms with Gasteiger partial charge in [0.2, 0.25) is 23.0 Å². The third-order valence-electron chi connectivity index (χ3n) is 3.16. The van der Waals surface area contributed by atoms with E-state index in [1.165, 1.54) is 32.4 Å². The first-order valence-corrected chi connectivity index (χ1v) is 8.57. The van der Waals surface area contributed by atoms with Crippen molar-refractivity contribution >= 4 is 21.9 Å². The van der Waals surface area contributed by atoms with Crippen LogP contribution in [0.25, 0.3) is 0 Å². The number of nitrogens with one attached hydrogen (secondary N) is 1. The van der Waals surface area contributed by atoms with Gasteiger partial charge in [0.05, 0.1) is 27.4 Å². The Labute approximate surface area is 145 Å². The lowest BCUT2D eigenvalue weighted by molar-refractivity contribution is -0.140. The maximum Gasteiger partial charge on any atom is 0.330 e. The van der Waals surface area contributed by atoms with Crippen molar-refractivity contribution in [2.75, 3.05) is 26.1 Å². The second kappa shape index (κ2) is 7.79. The number of sulfonamides is 1. The van der Waals surface area contributed by atoms with Crippen LogP contribution in [-0.4, -0.2) is 45.7 Å². The Morgan fingerprint density at radius 3 is 2.08 bits per heavy atom. The summed E-state index contributed by atoms with van der Waals surface area (Å²) in [5.41, 5.74) is 0.247. The van der Waals surface area contributed by atoms with E-state index in [2.05, 4.69) is 19.4 Å². The Hall–Kier alpha value is -2.88. The van der Waals surface area contributed by atoms with Gasteiger partial charge < -0.3 is 14.2 Å². The summed E-state index contributed by atoms with van der Waals surface area (Å²) in [4.78, 5) is 19.8. The van der Waals surface area contributed by atoms with Crippen LogP contribution in [0.5, 0.6) is 11.8 Å². The predicted molar refractivity (Wildman–Crippen MR) is 88.9 cm³/mol. The molecule has 0 amide bonds. The lowest BCUT2D eigenvalue weighted by atomic mass is 10.1. The summed E-state index contributed by atoms with van der Waals surface area (Å²) in [5.74, 6) is -1.03. The Morgan fingerprint density at radius 2 is 1.60 bits per heavy atom. The van der Waals surface area contributed by atoms with Crippen LogP contribution in [0.2, 0.25) is 0 Å². The smallest absolute Gasteiger partial charge is 0.330 e. The molecule has 2 rings (SSSR count). The number of ether oxygens (including phenoxy) is 3. The van der Waals surface area contributed by atoms with E-state index in [9.17, 15) is 13.2 Å². The minimum absolute atomic E-state index is 0.0962. The van der Waals surface area contributed by atoms with Crippen molar-refractivity contribution in [2.24, 2.45) is 0 Å². The normalized spacial score (nSPS) is 12.1. The van der Waals surface area contributed by atoms with Crippen molar-refractivity contribution in [3.8, 4) is 11.8 Å². The van der Waals surface area contributed by atoms with Gasteiger partial charge in [0, 0.05) is 0 Å². The average molecular weight is 367 g/mol. The largest absolute Gasteiger partial charge is 0.481 e. The molecule has 134 valence electrons. The number of anilines is 1. The fourth-order valence-electron chi connectivity index (χ4n) is 2.02. The zero-order valence-corrected chi connectivity index (χ0v) is 14.6. The second-order valence-electron chi connectivity index (χ2n) is 4.74. The molecule has 25 heavy (non-hydrogen) atoms. The second-order valence-corrected chi connectivity index (χ2v) is 6.50.